The molecule has 0 saturated carbocycles. The Hall–Kier alpha value is -1.75. The topological polar surface area (TPSA) is 51.3 Å². The maximum atomic E-state index is 12.6. The van der Waals surface area contributed by atoms with E-state index in [-0.39, 0.29) is 11.9 Å². The number of carbonyl (C=O) groups is 1. The van der Waals surface area contributed by atoms with Crippen molar-refractivity contribution in [2.45, 2.75) is 44.7 Å². The lowest BCUT2D eigenvalue weighted by Crippen LogP contribution is -2.35. The first-order valence-corrected chi connectivity index (χ1v) is 8.12. The fraction of sp³-hybridized carbons (Fsp3) is 0.500. The summed E-state index contributed by atoms with van der Waals surface area (Å²) in [6.45, 7) is 1.34. The Kier molecular flexibility index (Phi) is 4.83. The lowest BCUT2D eigenvalue weighted by atomic mass is 10.1. The summed E-state index contributed by atoms with van der Waals surface area (Å²) in [5.41, 5.74) is 0. The largest absolute Gasteiger partial charge is 0.467 e. The van der Waals surface area contributed by atoms with E-state index in [0.29, 0.717) is 18.0 Å². The van der Waals surface area contributed by atoms with Gasteiger partial charge in [0.2, 0.25) is 5.91 Å². The molecule has 3 heterocycles. The summed E-state index contributed by atoms with van der Waals surface area (Å²) >= 11 is 5.85. The first kappa shape index (κ1) is 15.2. The number of aromatic nitrogens is 2. The molecule has 0 spiro atoms. The van der Waals surface area contributed by atoms with Gasteiger partial charge < -0.3 is 9.32 Å². The molecule has 0 N–H and O–H groups in total. The highest BCUT2D eigenvalue weighted by molar-refractivity contribution is 6.30. The molecular formula is C16H20ClN3O2. The summed E-state index contributed by atoms with van der Waals surface area (Å²) in [6, 6.07) is 3.91. The fourth-order valence-corrected chi connectivity index (χ4v) is 3.15. The van der Waals surface area contributed by atoms with Gasteiger partial charge in [-0.3, -0.25) is 9.48 Å². The number of nitrogens with zero attached hydrogens (tertiary/aromatic N) is 3. The van der Waals surface area contributed by atoms with Gasteiger partial charge in [-0.05, 0) is 25.0 Å². The summed E-state index contributed by atoms with van der Waals surface area (Å²) in [6.07, 6.45) is 9.73. The van der Waals surface area contributed by atoms with Gasteiger partial charge >= 0.3 is 0 Å². The Morgan fingerprint density at radius 2 is 2.32 bits per heavy atom. The van der Waals surface area contributed by atoms with Gasteiger partial charge in [-0.2, -0.15) is 5.10 Å². The first-order chi connectivity index (χ1) is 10.7. The zero-order chi connectivity index (χ0) is 15.4. The number of halogens is 1. The Labute approximate surface area is 134 Å². The van der Waals surface area contributed by atoms with Crippen molar-refractivity contribution in [3.05, 3.63) is 41.6 Å². The number of likely N-dealkylation sites (tertiary alicyclic amines) is 1. The smallest absolute Gasteiger partial charge is 0.225 e. The van der Waals surface area contributed by atoms with Crippen molar-refractivity contribution < 1.29 is 9.21 Å². The van der Waals surface area contributed by atoms with E-state index < -0.39 is 0 Å². The van der Waals surface area contributed by atoms with Crippen LogP contribution in [0.15, 0.2) is 35.2 Å². The van der Waals surface area contributed by atoms with Gasteiger partial charge in [-0.25, -0.2) is 0 Å². The number of hydrogen-bond acceptors (Lipinski definition) is 3. The number of aryl methyl sites for hydroxylation is 1. The van der Waals surface area contributed by atoms with Gasteiger partial charge in [0.1, 0.15) is 5.76 Å². The minimum Gasteiger partial charge on any atom is -0.467 e. The van der Waals surface area contributed by atoms with E-state index in [1.54, 1.807) is 23.3 Å². The average Bonchev–Trinajstić information content (AvgIpc) is 3.12. The zero-order valence-corrected chi connectivity index (χ0v) is 13.2. The lowest BCUT2D eigenvalue weighted by Gasteiger charge is -2.28. The van der Waals surface area contributed by atoms with Crippen molar-refractivity contribution in [1.82, 2.24) is 14.7 Å². The lowest BCUT2D eigenvalue weighted by molar-refractivity contribution is -0.134. The van der Waals surface area contributed by atoms with Crippen LogP contribution in [-0.2, 0) is 11.3 Å². The minimum atomic E-state index is 0.0613. The highest BCUT2D eigenvalue weighted by Gasteiger charge is 2.28. The van der Waals surface area contributed by atoms with E-state index in [2.05, 4.69) is 5.10 Å². The molecule has 3 rings (SSSR count). The van der Waals surface area contributed by atoms with Crippen LogP contribution < -0.4 is 0 Å². The molecule has 0 radical (unpaired) electrons. The highest BCUT2D eigenvalue weighted by Crippen LogP contribution is 2.30. The third kappa shape index (κ3) is 3.53. The molecule has 2 aromatic rings. The van der Waals surface area contributed by atoms with Crippen LogP contribution in [0.25, 0.3) is 0 Å². The molecule has 5 nitrogen and oxygen atoms in total. The van der Waals surface area contributed by atoms with Crippen molar-refractivity contribution >= 4 is 17.5 Å². The summed E-state index contributed by atoms with van der Waals surface area (Å²) in [7, 11) is 0. The van der Waals surface area contributed by atoms with Gasteiger partial charge in [-0.15, -0.1) is 0 Å². The van der Waals surface area contributed by atoms with Gasteiger partial charge in [0, 0.05) is 25.7 Å². The molecule has 1 fully saturated rings. The molecule has 118 valence electrons. The normalized spacial score (nSPS) is 19.1. The third-order valence-electron chi connectivity index (χ3n) is 4.10. The molecule has 0 bridgehead atoms. The van der Waals surface area contributed by atoms with Gasteiger partial charge in [0.05, 0.1) is 23.5 Å². The standard InChI is InChI=1S/C16H20ClN3O2/c17-13-11-18-19(12-13)9-7-16(21)20-8-3-1-2-5-14(20)15-6-4-10-22-15/h4,6,10-12,14H,1-3,5,7-9H2/t14-/m0/s1. The van der Waals surface area contributed by atoms with Crippen LogP contribution in [0, 0.1) is 0 Å². The van der Waals surface area contributed by atoms with Crippen molar-refractivity contribution in [2.24, 2.45) is 0 Å². The molecule has 2 aromatic heterocycles. The maximum Gasteiger partial charge on any atom is 0.225 e. The summed E-state index contributed by atoms with van der Waals surface area (Å²) in [5.74, 6) is 1.03. The monoisotopic (exact) mass is 321 g/mol. The summed E-state index contributed by atoms with van der Waals surface area (Å²) in [4.78, 5) is 14.6. The van der Waals surface area contributed by atoms with Crippen molar-refractivity contribution in [3.63, 3.8) is 0 Å². The van der Waals surface area contributed by atoms with Crippen molar-refractivity contribution in [3.8, 4) is 0 Å². The van der Waals surface area contributed by atoms with Crippen molar-refractivity contribution in [2.75, 3.05) is 6.54 Å². The fourth-order valence-electron chi connectivity index (χ4n) is 3.00. The van der Waals surface area contributed by atoms with Gasteiger partial charge in [-0.1, -0.05) is 24.4 Å². The molecule has 0 aliphatic carbocycles. The van der Waals surface area contributed by atoms with Crippen LogP contribution in [-0.4, -0.2) is 27.1 Å². The van der Waals surface area contributed by atoms with E-state index in [4.69, 9.17) is 16.0 Å². The minimum absolute atomic E-state index is 0.0613. The number of furan rings is 1. The molecule has 22 heavy (non-hydrogen) atoms. The van der Waals surface area contributed by atoms with E-state index in [1.165, 1.54) is 0 Å². The SMILES string of the molecule is O=C(CCn1cc(Cl)cn1)N1CCCCC[C@H]1c1ccco1. The second-order valence-corrected chi connectivity index (χ2v) is 6.08. The van der Waals surface area contributed by atoms with Gasteiger partial charge in [0.15, 0.2) is 0 Å². The molecule has 1 aliphatic heterocycles. The van der Waals surface area contributed by atoms with Crippen LogP contribution in [0.5, 0.6) is 0 Å². The molecule has 6 heteroatoms. The zero-order valence-electron chi connectivity index (χ0n) is 12.4. The average molecular weight is 322 g/mol. The van der Waals surface area contributed by atoms with Crippen LogP contribution >= 0.6 is 11.6 Å². The maximum absolute atomic E-state index is 12.6. The number of carbonyl (C=O) groups excluding carboxylic acids is 1. The van der Waals surface area contributed by atoms with E-state index in [9.17, 15) is 4.79 Å². The van der Waals surface area contributed by atoms with Crippen LogP contribution in [0.2, 0.25) is 5.02 Å². The van der Waals surface area contributed by atoms with E-state index in [0.717, 1.165) is 38.0 Å². The van der Waals surface area contributed by atoms with Gasteiger partial charge in [0.25, 0.3) is 0 Å². The first-order valence-electron chi connectivity index (χ1n) is 7.75. The Morgan fingerprint density at radius 3 is 3.05 bits per heavy atom. The van der Waals surface area contributed by atoms with E-state index in [1.807, 2.05) is 17.0 Å². The summed E-state index contributed by atoms with van der Waals surface area (Å²) < 4.78 is 7.25. The Bertz CT molecular complexity index is 609. The quantitative estimate of drug-likeness (QED) is 0.863. The molecule has 1 atom stereocenters. The Balaban J connectivity index is 1.67. The van der Waals surface area contributed by atoms with Crippen molar-refractivity contribution in [1.29, 1.82) is 0 Å². The molecule has 1 aliphatic rings. The molecule has 1 saturated heterocycles. The molecule has 0 aromatic carbocycles. The van der Waals surface area contributed by atoms with Crippen LogP contribution in [0.1, 0.15) is 43.9 Å². The predicted molar refractivity (Wildman–Crippen MR) is 83.5 cm³/mol. The highest BCUT2D eigenvalue weighted by atomic mass is 35.5. The summed E-state index contributed by atoms with van der Waals surface area (Å²) in [5, 5.41) is 4.71. The number of hydrogen-bond donors (Lipinski definition) is 0. The Morgan fingerprint density at radius 1 is 1.41 bits per heavy atom. The second kappa shape index (κ2) is 7.01. The third-order valence-corrected chi connectivity index (χ3v) is 4.30. The molecule has 0 unspecified atom stereocenters. The van der Waals surface area contributed by atoms with Crippen LogP contribution in [0.3, 0.4) is 0 Å². The molecule has 1 amide bonds. The predicted octanol–water partition coefficient (Wildman–Crippen LogP) is 3.66. The van der Waals surface area contributed by atoms with E-state index >= 15 is 0 Å². The second-order valence-electron chi connectivity index (χ2n) is 5.64. The number of amides is 1. The molecular weight excluding hydrogens is 302 g/mol. The number of rotatable bonds is 4. The van der Waals surface area contributed by atoms with Crippen LogP contribution in [0.4, 0.5) is 0 Å².